The highest BCUT2D eigenvalue weighted by Gasteiger charge is 2.18. The number of aromatic nitrogens is 2. The Morgan fingerprint density at radius 2 is 1.94 bits per heavy atom. The number of nitrogen functional groups attached to an aromatic ring is 1. The largest absolute Gasteiger partial charge is 0.399 e. The number of hydrogen-bond acceptors (Lipinski definition) is 3. The quantitative estimate of drug-likeness (QED) is 0.783. The summed E-state index contributed by atoms with van der Waals surface area (Å²) in [6, 6.07) is 2.97. The van der Waals surface area contributed by atoms with E-state index in [2.05, 4.69) is 9.97 Å². The van der Waals surface area contributed by atoms with Crippen molar-refractivity contribution in [3.63, 3.8) is 0 Å². The van der Waals surface area contributed by atoms with Crippen molar-refractivity contribution < 1.29 is 4.39 Å². The topological polar surface area (TPSA) is 51.8 Å². The molecule has 1 aromatic heterocycles. The fourth-order valence-electron chi connectivity index (χ4n) is 2.70. The number of hydrogen-bond donors (Lipinski definition) is 1. The molecule has 1 aromatic carbocycles. The number of halogens is 1. The Hall–Kier alpha value is -1.71. The summed E-state index contributed by atoms with van der Waals surface area (Å²) < 4.78 is 13.8. The van der Waals surface area contributed by atoms with Crippen LogP contribution in [0.25, 0.3) is 11.0 Å². The van der Waals surface area contributed by atoms with Gasteiger partial charge in [0.1, 0.15) is 5.52 Å². The smallest absolute Gasteiger partial charge is 0.153 e. The first-order valence-electron chi connectivity index (χ1n) is 6.46. The summed E-state index contributed by atoms with van der Waals surface area (Å²) in [6.45, 7) is 0. The van der Waals surface area contributed by atoms with Crippen molar-refractivity contribution in [2.45, 2.75) is 38.0 Å². The molecule has 0 aliphatic heterocycles. The van der Waals surface area contributed by atoms with Crippen molar-refractivity contribution >= 4 is 16.7 Å². The normalized spacial score (nSPS) is 17.2. The van der Waals surface area contributed by atoms with Gasteiger partial charge >= 0.3 is 0 Å². The van der Waals surface area contributed by atoms with Gasteiger partial charge < -0.3 is 5.73 Å². The SMILES string of the molecule is Nc1cc(F)c2nc(C3CCCCC3)cnc2c1. The Balaban J connectivity index is 2.04. The van der Waals surface area contributed by atoms with Crippen molar-refractivity contribution in [1.82, 2.24) is 9.97 Å². The van der Waals surface area contributed by atoms with Gasteiger partial charge in [-0.05, 0) is 25.0 Å². The van der Waals surface area contributed by atoms with Crippen LogP contribution in [-0.2, 0) is 0 Å². The molecule has 0 bridgehead atoms. The zero-order valence-electron chi connectivity index (χ0n) is 10.2. The van der Waals surface area contributed by atoms with Gasteiger partial charge in [-0.15, -0.1) is 0 Å². The maximum Gasteiger partial charge on any atom is 0.153 e. The summed E-state index contributed by atoms with van der Waals surface area (Å²) in [5, 5.41) is 0. The third kappa shape index (κ3) is 2.03. The Morgan fingerprint density at radius 1 is 1.17 bits per heavy atom. The Bertz CT molecular complexity index is 577. The van der Waals surface area contributed by atoms with Crippen LogP contribution in [0.5, 0.6) is 0 Å². The Kier molecular flexibility index (Phi) is 2.86. The minimum atomic E-state index is -0.379. The minimum Gasteiger partial charge on any atom is -0.399 e. The number of nitrogens with zero attached hydrogens (tertiary/aromatic N) is 2. The lowest BCUT2D eigenvalue weighted by Gasteiger charge is -2.20. The molecule has 0 radical (unpaired) electrons. The van der Waals surface area contributed by atoms with E-state index >= 15 is 0 Å². The van der Waals surface area contributed by atoms with Crippen LogP contribution in [0.1, 0.15) is 43.7 Å². The summed E-state index contributed by atoms with van der Waals surface area (Å²) in [6.07, 6.45) is 7.80. The van der Waals surface area contributed by atoms with Crippen molar-refractivity contribution in [1.29, 1.82) is 0 Å². The first-order valence-corrected chi connectivity index (χ1v) is 6.46. The van der Waals surface area contributed by atoms with E-state index in [1.165, 1.54) is 25.3 Å². The molecule has 0 spiro atoms. The molecule has 18 heavy (non-hydrogen) atoms. The van der Waals surface area contributed by atoms with E-state index in [1.54, 1.807) is 12.3 Å². The van der Waals surface area contributed by atoms with Crippen LogP contribution in [0.2, 0.25) is 0 Å². The van der Waals surface area contributed by atoms with E-state index in [0.29, 0.717) is 22.6 Å². The van der Waals surface area contributed by atoms with Crippen LogP contribution in [-0.4, -0.2) is 9.97 Å². The van der Waals surface area contributed by atoms with Gasteiger partial charge in [0.2, 0.25) is 0 Å². The number of rotatable bonds is 1. The predicted octanol–water partition coefficient (Wildman–Crippen LogP) is 3.40. The average Bonchev–Trinajstić information content (AvgIpc) is 2.39. The zero-order valence-corrected chi connectivity index (χ0v) is 10.2. The first kappa shape index (κ1) is 11.4. The van der Waals surface area contributed by atoms with Crippen LogP contribution in [0.4, 0.5) is 10.1 Å². The molecule has 3 nitrogen and oxygen atoms in total. The second-order valence-corrected chi connectivity index (χ2v) is 5.00. The molecule has 2 N–H and O–H groups in total. The number of benzene rings is 1. The summed E-state index contributed by atoms with van der Waals surface area (Å²) in [5.74, 6) is 0.0581. The third-order valence-corrected chi connectivity index (χ3v) is 3.67. The first-order chi connectivity index (χ1) is 8.74. The number of fused-ring (bicyclic) bond motifs is 1. The predicted molar refractivity (Wildman–Crippen MR) is 69.7 cm³/mol. The maximum absolute atomic E-state index is 13.8. The third-order valence-electron chi connectivity index (χ3n) is 3.67. The van der Waals surface area contributed by atoms with E-state index in [-0.39, 0.29) is 5.82 Å². The average molecular weight is 245 g/mol. The van der Waals surface area contributed by atoms with Crippen LogP contribution >= 0.6 is 0 Å². The van der Waals surface area contributed by atoms with Crippen LogP contribution in [0, 0.1) is 5.82 Å². The fourth-order valence-corrected chi connectivity index (χ4v) is 2.70. The molecule has 2 aromatic rings. The molecule has 0 atom stereocenters. The summed E-state index contributed by atoms with van der Waals surface area (Å²) in [4.78, 5) is 8.74. The molecule has 3 rings (SSSR count). The lowest BCUT2D eigenvalue weighted by Crippen LogP contribution is -2.07. The molecule has 1 aliphatic rings. The number of nitrogens with two attached hydrogens (primary N) is 1. The molecular formula is C14H16FN3. The Morgan fingerprint density at radius 3 is 2.72 bits per heavy atom. The Labute approximate surface area is 105 Å². The highest BCUT2D eigenvalue weighted by atomic mass is 19.1. The van der Waals surface area contributed by atoms with Crippen molar-refractivity contribution in [3.8, 4) is 0 Å². The van der Waals surface area contributed by atoms with Gasteiger partial charge in [0.15, 0.2) is 5.82 Å². The molecule has 1 saturated carbocycles. The summed E-state index contributed by atoms with van der Waals surface area (Å²) in [5.41, 5.74) is 7.78. The second kappa shape index (κ2) is 4.52. The highest BCUT2D eigenvalue weighted by Crippen LogP contribution is 2.32. The summed E-state index contributed by atoms with van der Waals surface area (Å²) in [7, 11) is 0. The highest BCUT2D eigenvalue weighted by molar-refractivity contribution is 5.78. The molecular weight excluding hydrogens is 229 g/mol. The van der Waals surface area contributed by atoms with E-state index in [4.69, 9.17) is 5.73 Å². The van der Waals surface area contributed by atoms with Crippen molar-refractivity contribution in [2.24, 2.45) is 0 Å². The second-order valence-electron chi connectivity index (χ2n) is 5.00. The molecule has 1 fully saturated rings. The van der Waals surface area contributed by atoms with Gasteiger partial charge in [0.05, 0.1) is 11.2 Å². The summed E-state index contributed by atoms with van der Waals surface area (Å²) >= 11 is 0. The van der Waals surface area contributed by atoms with E-state index in [1.807, 2.05) is 0 Å². The minimum absolute atomic E-state index is 0.340. The van der Waals surface area contributed by atoms with Gasteiger partial charge in [0, 0.05) is 17.8 Å². The number of anilines is 1. The van der Waals surface area contributed by atoms with Gasteiger partial charge in [-0.25, -0.2) is 9.37 Å². The maximum atomic E-state index is 13.8. The van der Waals surface area contributed by atoms with Crippen molar-refractivity contribution in [2.75, 3.05) is 5.73 Å². The van der Waals surface area contributed by atoms with Gasteiger partial charge in [-0.1, -0.05) is 19.3 Å². The molecule has 1 heterocycles. The molecule has 0 amide bonds. The van der Waals surface area contributed by atoms with Gasteiger partial charge in [-0.3, -0.25) is 4.98 Å². The molecule has 1 aliphatic carbocycles. The van der Waals surface area contributed by atoms with Crippen molar-refractivity contribution in [3.05, 3.63) is 29.8 Å². The van der Waals surface area contributed by atoms with Gasteiger partial charge in [0.25, 0.3) is 0 Å². The van der Waals surface area contributed by atoms with E-state index in [0.717, 1.165) is 18.5 Å². The standard InChI is InChI=1S/C14H16FN3/c15-11-6-10(16)7-12-14(11)18-13(8-17-12)9-4-2-1-3-5-9/h6-9H,1-5,16H2. The fraction of sp³-hybridized carbons (Fsp3) is 0.429. The molecule has 94 valence electrons. The van der Waals surface area contributed by atoms with E-state index < -0.39 is 0 Å². The molecule has 0 saturated heterocycles. The molecule has 0 unspecified atom stereocenters. The lowest BCUT2D eigenvalue weighted by atomic mass is 9.87. The lowest BCUT2D eigenvalue weighted by molar-refractivity contribution is 0.436. The van der Waals surface area contributed by atoms with Gasteiger partial charge in [-0.2, -0.15) is 0 Å². The van der Waals surface area contributed by atoms with Crippen LogP contribution in [0.3, 0.4) is 0 Å². The van der Waals surface area contributed by atoms with E-state index in [9.17, 15) is 4.39 Å². The molecule has 4 heteroatoms. The van der Waals surface area contributed by atoms with Crippen LogP contribution in [0.15, 0.2) is 18.3 Å². The zero-order chi connectivity index (χ0) is 12.5. The van der Waals surface area contributed by atoms with Crippen LogP contribution < -0.4 is 5.73 Å². The monoisotopic (exact) mass is 245 g/mol.